The van der Waals surface area contributed by atoms with E-state index in [9.17, 15) is 19.8 Å². The Hall–Kier alpha value is -2.14. The topological polar surface area (TPSA) is 86.1 Å². The third-order valence-corrected chi connectivity index (χ3v) is 9.47. The summed E-state index contributed by atoms with van der Waals surface area (Å²) in [6.07, 6.45) is 5.24. The van der Waals surface area contributed by atoms with Gasteiger partial charge < -0.3 is 15.1 Å². The number of imidazole rings is 1. The maximum Gasteiger partial charge on any atom is 0.352 e. The van der Waals surface area contributed by atoms with Gasteiger partial charge in [-0.2, -0.15) is 4.40 Å². The number of carbonyl (C=O) groups excluding carboxylic acids is 1. The van der Waals surface area contributed by atoms with Gasteiger partial charge in [0.2, 0.25) is 15.8 Å². The fourth-order valence-corrected chi connectivity index (χ4v) is 7.80. The number of carboxylic acid groups (broad SMARTS) is 1. The van der Waals surface area contributed by atoms with Crippen LogP contribution in [-0.4, -0.2) is 49.8 Å². The molecule has 2 N–H and O–H groups in total. The number of hydrogen-bond donors (Lipinski definition) is 2. The Bertz CT molecular complexity index is 1350. The smallest absolute Gasteiger partial charge is 0.352 e. The third kappa shape index (κ3) is 3.54. The highest BCUT2D eigenvalue weighted by Gasteiger charge is 2.60. The molecule has 0 unspecified atom stereocenters. The van der Waals surface area contributed by atoms with Crippen molar-refractivity contribution in [2.24, 2.45) is 11.8 Å². The zero-order valence-corrected chi connectivity index (χ0v) is 22.2. The first kappa shape index (κ1) is 23.6. The van der Waals surface area contributed by atoms with Gasteiger partial charge in [0.1, 0.15) is 18.4 Å². The fourth-order valence-electron chi connectivity index (χ4n) is 5.28. The minimum atomic E-state index is -1.10. The number of hydrogen-bond acceptors (Lipinski definition) is 5. The fraction of sp³-hybridized carbons (Fsp3) is 0.375. The number of thiazole rings is 1. The number of thioether (sulfide) groups is 1. The van der Waals surface area contributed by atoms with Gasteiger partial charge in [-0.15, -0.1) is 0 Å². The first-order chi connectivity index (χ1) is 16.3. The third-order valence-electron chi connectivity index (χ3n) is 6.74. The number of carbonyl (C=O) groups is 2. The lowest BCUT2D eigenvalue weighted by molar-refractivity contribution is -0.721. The van der Waals surface area contributed by atoms with E-state index in [1.54, 1.807) is 30.0 Å². The van der Waals surface area contributed by atoms with Crippen LogP contribution in [0.15, 0.2) is 47.5 Å². The largest absolute Gasteiger partial charge is 0.477 e. The lowest BCUT2D eigenvalue weighted by Gasteiger charge is -2.46. The molecular weight excluding hydrogens is 538 g/mol. The number of aromatic nitrogens is 2. The van der Waals surface area contributed by atoms with Gasteiger partial charge in [0.25, 0.3) is 6.33 Å². The molecule has 2 aliphatic rings. The van der Waals surface area contributed by atoms with Crippen molar-refractivity contribution in [3.63, 3.8) is 0 Å². The number of β-lactam (4-membered cyclic amide) rings is 1. The Labute approximate surface area is 213 Å². The van der Waals surface area contributed by atoms with Crippen LogP contribution in [-0.2, 0) is 21.5 Å². The number of halogens is 1. The van der Waals surface area contributed by atoms with E-state index in [-0.39, 0.29) is 23.6 Å². The molecular formula is C24H25BrN3O4S2+. The summed E-state index contributed by atoms with van der Waals surface area (Å²) in [4.78, 5) is 28.1. The summed E-state index contributed by atoms with van der Waals surface area (Å²) in [5, 5.41) is 22.0. The van der Waals surface area contributed by atoms with Gasteiger partial charge in [0, 0.05) is 16.8 Å². The number of carboxylic acids is 1. The molecule has 1 amide bonds. The van der Waals surface area contributed by atoms with Gasteiger partial charge in [-0.1, -0.05) is 70.2 Å². The van der Waals surface area contributed by atoms with Gasteiger partial charge in [-0.25, -0.2) is 9.36 Å². The van der Waals surface area contributed by atoms with Crippen LogP contribution in [0.2, 0.25) is 0 Å². The molecule has 4 atom stereocenters. The lowest BCUT2D eigenvalue weighted by Crippen LogP contribution is -2.63. The lowest BCUT2D eigenvalue weighted by atomic mass is 9.77. The van der Waals surface area contributed by atoms with Crippen LogP contribution in [0.25, 0.3) is 10.4 Å². The average molecular weight is 564 g/mol. The van der Waals surface area contributed by atoms with Crippen LogP contribution >= 0.6 is 39.0 Å². The monoisotopic (exact) mass is 562 g/mol. The molecule has 2 aliphatic heterocycles. The highest BCUT2D eigenvalue weighted by molar-refractivity contribution is 9.08. The van der Waals surface area contributed by atoms with E-state index < -0.39 is 18.0 Å². The molecule has 0 saturated carbocycles. The Morgan fingerprint density at radius 3 is 2.74 bits per heavy atom. The molecule has 0 aliphatic carbocycles. The average Bonchev–Trinajstić information content (AvgIpc) is 3.40. The van der Waals surface area contributed by atoms with Crippen molar-refractivity contribution in [1.29, 1.82) is 0 Å². The summed E-state index contributed by atoms with van der Waals surface area (Å²) < 4.78 is 4.25. The van der Waals surface area contributed by atoms with Crippen molar-refractivity contribution in [1.82, 2.24) is 9.30 Å². The zero-order valence-electron chi connectivity index (χ0n) is 18.9. The number of benzene rings is 1. The van der Waals surface area contributed by atoms with Gasteiger partial charge in [-0.3, -0.25) is 4.79 Å². The minimum Gasteiger partial charge on any atom is -0.477 e. The van der Waals surface area contributed by atoms with Crippen molar-refractivity contribution in [2.75, 3.05) is 6.26 Å². The van der Waals surface area contributed by atoms with Crippen LogP contribution in [0.5, 0.6) is 0 Å². The molecule has 0 radical (unpaired) electrons. The molecule has 34 heavy (non-hydrogen) atoms. The van der Waals surface area contributed by atoms with Crippen molar-refractivity contribution >= 4 is 61.3 Å². The van der Waals surface area contributed by atoms with Gasteiger partial charge in [0.15, 0.2) is 0 Å². The van der Waals surface area contributed by atoms with Crippen molar-refractivity contribution < 1.29 is 24.4 Å². The molecule has 4 heterocycles. The van der Waals surface area contributed by atoms with Crippen LogP contribution in [0.3, 0.4) is 0 Å². The molecule has 178 valence electrons. The second-order valence-corrected chi connectivity index (χ2v) is 11.2. The maximum atomic E-state index is 12.7. The number of aliphatic hydroxyl groups excluding tert-OH is 1. The van der Waals surface area contributed by atoms with Crippen molar-refractivity contribution in [3.05, 3.63) is 58.5 Å². The zero-order chi connectivity index (χ0) is 24.3. The van der Waals surface area contributed by atoms with E-state index in [4.69, 9.17) is 0 Å². The summed E-state index contributed by atoms with van der Waals surface area (Å²) in [5.41, 5.74) is 3.16. The first-order valence-electron chi connectivity index (χ1n) is 11.0. The Morgan fingerprint density at radius 2 is 2.09 bits per heavy atom. The van der Waals surface area contributed by atoms with Crippen LogP contribution in [0.1, 0.15) is 29.9 Å². The number of nitrogens with zero attached hydrogens (tertiary/aromatic N) is 3. The highest BCUT2D eigenvalue weighted by atomic mass is 79.9. The Morgan fingerprint density at radius 1 is 1.35 bits per heavy atom. The number of alkyl halides is 1. The summed E-state index contributed by atoms with van der Waals surface area (Å²) in [6, 6.07) is 8.14. The summed E-state index contributed by atoms with van der Waals surface area (Å²) in [6.45, 7) is 4.28. The molecule has 0 bridgehead atoms. The molecule has 1 aromatic carbocycles. The summed E-state index contributed by atoms with van der Waals surface area (Å²) >= 11 is 6.72. The molecule has 10 heteroatoms. The molecule has 1 fully saturated rings. The minimum absolute atomic E-state index is 0.0501. The Balaban J connectivity index is 1.54. The van der Waals surface area contributed by atoms with E-state index in [1.807, 2.05) is 30.1 Å². The van der Waals surface area contributed by atoms with E-state index in [2.05, 4.69) is 44.8 Å². The van der Waals surface area contributed by atoms with Gasteiger partial charge in [0.05, 0.1) is 22.9 Å². The van der Waals surface area contributed by atoms with E-state index in [1.165, 1.54) is 16.0 Å². The van der Waals surface area contributed by atoms with Crippen LogP contribution < -0.4 is 4.57 Å². The summed E-state index contributed by atoms with van der Waals surface area (Å²) in [5.74, 6) is -2.15. The number of amides is 1. The predicted octanol–water partition coefficient (Wildman–Crippen LogP) is 3.61. The van der Waals surface area contributed by atoms with Crippen LogP contribution in [0, 0.1) is 11.8 Å². The predicted molar refractivity (Wildman–Crippen MR) is 135 cm³/mol. The quantitative estimate of drug-likeness (QED) is 0.199. The van der Waals surface area contributed by atoms with Crippen molar-refractivity contribution in [2.45, 2.75) is 42.9 Å². The SMILES string of the molecule is CSc1c2sc(C3=C(C(=O)O)N4C(=O)[C@H]([C@@H](C)O)[C@H]4[C@H]3C)cn2c[n+]1Cc1cccc(CBr)c1. The molecule has 1 saturated heterocycles. The number of rotatable bonds is 7. The normalized spacial score (nSPS) is 22.9. The Kier molecular flexibility index (Phi) is 6.12. The highest BCUT2D eigenvalue weighted by Crippen LogP contribution is 2.51. The number of fused-ring (bicyclic) bond motifs is 2. The molecule has 5 rings (SSSR count). The van der Waals surface area contributed by atoms with Crippen LogP contribution in [0.4, 0.5) is 0 Å². The molecule has 7 nitrogen and oxygen atoms in total. The van der Waals surface area contributed by atoms with Crippen molar-refractivity contribution in [3.8, 4) is 0 Å². The van der Waals surface area contributed by atoms with E-state index >= 15 is 0 Å². The van der Waals surface area contributed by atoms with E-state index in [0.717, 1.165) is 26.6 Å². The number of aliphatic hydroxyl groups is 1. The van der Waals surface area contributed by atoms with E-state index in [0.29, 0.717) is 5.57 Å². The summed E-state index contributed by atoms with van der Waals surface area (Å²) in [7, 11) is 0. The second-order valence-electron chi connectivity index (χ2n) is 8.84. The maximum absolute atomic E-state index is 12.7. The molecule has 0 spiro atoms. The first-order valence-corrected chi connectivity index (χ1v) is 14.1. The molecule has 2 aromatic heterocycles. The standard InChI is InChI=1S/C24H24BrN3O4S2/c1-12-17(20(24(31)32)28-19(12)18(13(2)29)21(28)30)16-10-27-11-26(22(33-3)23(27)34-16)9-15-6-4-5-14(7-15)8-25/h4-7,10-13,18-19,29H,8-9H2,1-3H3/p+1/t12-,13+,18+,19+/m0/s1. The van der Waals surface area contributed by atoms with Gasteiger partial charge in [-0.05, 0) is 24.3 Å². The number of aliphatic carboxylic acids is 1. The van der Waals surface area contributed by atoms with Gasteiger partial charge >= 0.3 is 5.97 Å². The second kappa shape index (κ2) is 8.82. The molecule has 3 aromatic rings.